The van der Waals surface area contributed by atoms with Crippen LogP contribution < -0.4 is 0 Å². The SMILES string of the molecule is Cn1ccc(CC(=O)c2cnccn2)n1. The average molecular weight is 202 g/mol. The second-order valence-electron chi connectivity index (χ2n) is 3.17. The minimum Gasteiger partial charge on any atom is -0.292 e. The van der Waals surface area contributed by atoms with Gasteiger partial charge in [-0.25, -0.2) is 4.98 Å². The number of nitrogens with zero attached hydrogens (tertiary/aromatic N) is 4. The number of carbonyl (C=O) groups is 1. The number of hydrogen-bond acceptors (Lipinski definition) is 4. The summed E-state index contributed by atoms with van der Waals surface area (Å²) in [6, 6.07) is 1.81. The molecule has 0 saturated heterocycles. The van der Waals surface area contributed by atoms with Crippen molar-refractivity contribution in [3.63, 3.8) is 0 Å². The molecule has 2 aromatic rings. The highest BCUT2D eigenvalue weighted by molar-refractivity contribution is 5.95. The molecule has 0 fully saturated rings. The lowest BCUT2D eigenvalue weighted by molar-refractivity contribution is 0.0986. The van der Waals surface area contributed by atoms with Gasteiger partial charge in [-0.05, 0) is 6.07 Å². The minimum atomic E-state index is -0.0678. The summed E-state index contributed by atoms with van der Waals surface area (Å²) in [6.45, 7) is 0. The number of Topliss-reactive ketones (excluding diaryl/α,β-unsaturated/α-hetero) is 1. The highest BCUT2D eigenvalue weighted by Gasteiger charge is 2.09. The Morgan fingerprint density at radius 1 is 1.47 bits per heavy atom. The summed E-state index contributed by atoms with van der Waals surface area (Å²) >= 11 is 0. The average Bonchev–Trinajstić information content (AvgIpc) is 2.65. The van der Waals surface area contributed by atoms with Crippen molar-refractivity contribution < 1.29 is 4.79 Å². The molecule has 76 valence electrons. The van der Waals surface area contributed by atoms with E-state index in [4.69, 9.17) is 0 Å². The topological polar surface area (TPSA) is 60.7 Å². The van der Waals surface area contributed by atoms with Crippen molar-refractivity contribution in [1.82, 2.24) is 19.7 Å². The molecule has 5 nitrogen and oxygen atoms in total. The van der Waals surface area contributed by atoms with Crippen LogP contribution in [0.4, 0.5) is 0 Å². The molecule has 0 saturated carbocycles. The van der Waals surface area contributed by atoms with Gasteiger partial charge < -0.3 is 0 Å². The summed E-state index contributed by atoms with van der Waals surface area (Å²) in [5.41, 5.74) is 1.12. The number of aromatic nitrogens is 4. The molecule has 0 radical (unpaired) electrons. The molecule has 0 N–H and O–H groups in total. The second-order valence-corrected chi connectivity index (χ2v) is 3.17. The van der Waals surface area contributed by atoms with Crippen LogP contribution in [0.2, 0.25) is 0 Å². The Balaban J connectivity index is 2.11. The van der Waals surface area contributed by atoms with Gasteiger partial charge in [0.15, 0.2) is 5.78 Å². The Kier molecular flexibility index (Phi) is 2.53. The first-order valence-electron chi connectivity index (χ1n) is 4.53. The van der Waals surface area contributed by atoms with E-state index in [0.717, 1.165) is 5.69 Å². The predicted molar refractivity (Wildman–Crippen MR) is 53.3 cm³/mol. The van der Waals surface area contributed by atoms with Crippen LogP contribution in [-0.4, -0.2) is 25.5 Å². The Bertz CT molecular complexity index is 463. The normalized spacial score (nSPS) is 10.2. The summed E-state index contributed by atoms with van der Waals surface area (Å²) in [5, 5.41) is 4.12. The molecule has 0 aromatic carbocycles. The van der Waals surface area contributed by atoms with Crippen molar-refractivity contribution >= 4 is 5.78 Å². The van der Waals surface area contributed by atoms with Crippen LogP contribution in [0.1, 0.15) is 16.2 Å². The molecule has 0 aliphatic heterocycles. The largest absolute Gasteiger partial charge is 0.292 e. The van der Waals surface area contributed by atoms with Gasteiger partial charge in [0.2, 0.25) is 0 Å². The van der Waals surface area contributed by atoms with Gasteiger partial charge >= 0.3 is 0 Å². The fourth-order valence-electron chi connectivity index (χ4n) is 1.26. The van der Waals surface area contributed by atoms with Crippen molar-refractivity contribution in [2.45, 2.75) is 6.42 Å². The number of hydrogen-bond donors (Lipinski definition) is 0. The molecule has 2 heterocycles. The Morgan fingerprint density at radius 3 is 2.93 bits per heavy atom. The van der Waals surface area contributed by atoms with Gasteiger partial charge in [0, 0.05) is 25.6 Å². The van der Waals surface area contributed by atoms with Crippen molar-refractivity contribution in [1.29, 1.82) is 0 Å². The Labute approximate surface area is 86.8 Å². The maximum atomic E-state index is 11.7. The molecule has 0 bridgehead atoms. The number of ketones is 1. The van der Waals surface area contributed by atoms with Crippen LogP contribution in [0.3, 0.4) is 0 Å². The lowest BCUT2D eigenvalue weighted by Gasteiger charge is -1.96. The minimum absolute atomic E-state index is 0.0678. The summed E-state index contributed by atoms with van der Waals surface area (Å²) in [4.78, 5) is 19.5. The summed E-state index contributed by atoms with van der Waals surface area (Å²) in [7, 11) is 1.82. The number of carbonyl (C=O) groups excluding carboxylic acids is 1. The second kappa shape index (κ2) is 4.00. The van der Waals surface area contributed by atoms with Crippen molar-refractivity contribution in [2.24, 2.45) is 7.05 Å². The predicted octanol–water partition coefficient (Wildman–Crippen LogP) is 0.635. The van der Waals surface area contributed by atoms with Crippen LogP contribution in [0, 0.1) is 0 Å². The van der Waals surface area contributed by atoms with E-state index in [2.05, 4.69) is 15.1 Å². The van der Waals surface area contributed by atoms with Gasteiger partial charge in [0.1, 0.15) is 5.69 Å². The van der Waals surface area contributed by atoms with E-state index < -0.39 is 0 Å². The monoisotopic (exact) mass is 202 g/mol. The summed E-state index contributed by atoms with van der Waals surface area (Å²) in [5.74, 6) is -0.0678. The van der Waals surface area contributed by atoms with E-state index in [-0.39, 0.29) is 12.2 Å². The highest BCUT2D eigenvalue weighted by Crippen LogP contribution is 2.01. The van der Waals surface area contributed by atoms with Crippen molar-refractivity contribution in [3.8, 4) is 0 Å². The molecule has 15 heavy (non-hydrogen) atoms. The molecule has 0 spiro atoms. The maximum Gasteiger partial charge on any atom is 0.188 e. The van der Waals surface area contributed by atoms with Gasteiger partial charge in [-0.15, -0.1) is 0 Å². The lowest BCUT2D eigenvalue weighted by atomic mass is 10.2. The number of aryl methyl sites for hydroxylation is 1. The number of rotatable bonds is 3. The van der Waals surface area contributed by atoms with Gasteiger partial charge in [-0.3, -0.25) is 14.5 Å². The van der Waals surface area contributed by atoms with Crippen LogP contribution >= 0.6 is 0 Å². The Morgan fingerprint density at radius 2 is 2.33 bits per heavy atom. The first-order chi connectivity index (χ1) is 7.25. The third kappa shape index (κ3) is 2.25. The molecule has 5 heteroatoms. The van der Waals surface area contributed by atoms with E-state index >= 15 is 0 Å². The third-order valence-electron chi connectivity index (χ3n) is 1.96. The van der Waals surface area contributed by atoms with E-state index in [1.807, 2.05) is 13.1 Å². The van der Waals surface area contributed by atoms with Gasteiger partial charge in [0.25, 0.3) is 0 Å². The Hall–Kier alpha value is -2.04. The molecule has 0 aliphatic rings. The van der Waals surface area contributed by atoms with Crippen LogP contribution in [0.5, 0.6) is 0 Å². The molecule has 0 unspecified atom stereocenters. The standard InChI is InChI=1S/C10H10N4O/c1-14-5-2-8(13-14)6-10(15)9-7-11-3-4-12-9/h2-5,7H,6H2,1H3. The first-order valence-corrected chi connectivity index (χ1v) is 4.53. The fraction of sp³-hybridized carbons (Fsp3) is 0.200. The van der Waals surface area contributed by atoms with Crippen molar-refractivity contribution in [3.05, 3.63) is 42.2 Å². The van der Waals surface area contributed by atoms with Crippen LogP contribution in [0.25, 0.3) is 0 Å². The first kappa shape index (κ1) is 9.51. The summed E-state index contributed by atoms with van der Waals surface area (Å²) in [6.07, 6.45) is 6.58. The van der Waals surface area contributed by atoms with E-state index in [9.17, 15) is 4.79 Å². The molecule has 0 amide bonds. The zero-order valence-electron chi connectivity index (χ0n) is 8.29. The quantitative estimate of drug-likeness (QED) is 0.685. The van der Waals surface area contributed by atoms with Gasteiger partial charge in [0.05, 0.1) is 18.3 Å². The molecular formula is C10H10N4O. The van der Waals surface area contributed by atoms with Gasteiger partial charge in [-0.2, -0.15) is 5.10 Å². The lowest BCUT2D eigenvalue weighted by Crippen LogP contribution is -2.07. The molecule has 0 atom stereocenters. The molecule has 2 rings (SSSR count). The van der Waals surface area contributed by atoms with E-state index in [1.165, 1.54) is 18.6 Å². The van der Waals surface area contributed by atoms with Gasteiger partial charge in [-0.1, -0.05) is 0 Å². The smallest absolute Gasteiger partial charge is 0.188 e. The van der Waals surface area contributed by atoms with Crippen LogP contribution in [0.15, 0.2) is 30.9 Å². The van der Waals surface area contributed by atoms with Crippen LogP contribution in [-0.2, 0) is 13.5 Å². The fourth-order valence-corrected chi connectivity index (χ4v) is 1.26. The molecule has 2 aromatic heterocycles. The molecule has 0 aliphatic carbocycles. The maximum absolute atomic E-state index is 11.7. The highest BCUT2D eigenvalue weighted by atomic mass is 16.1. The zero-order chi connectivity index (χ0) is 10.7. The zero-order valence-corrected chi connectivity index (χ0v) is 8.29. The van der Waals surface area contributed by atoms with E-state index in [0.29, 0.717) is 5.69 Å². The summed E-state index contributed by atoms with van der Waals surface area (Å²) < 4.78 is 1.67. The van der Waals surface area contributed by atoms with E-state index in [1.54, 1.807) is 10.9 Å². The third-order valence-corrected chi connectivity index (χ3v) is 1.96. The van der Waals surface area contributed by atoms with Crippen molar-refractivity contribution in [2.75, 3.05) is 0 Å². The molecular weight excluding hydrogens is 192 g/mol.